The summed E-state index contributed by atoms with van der Waals surface area (Å²) in [6.45, 7) is 6.19. The van der Waals surface area contributed by atoms with Crippen LogP contribution >= 0.6 is 11.3 Å². The zero-order valence-electron chi connectivity index (χ0n) is 10.1. The Labute approximate surface area is 104 Å². The zero-order chi connectivity index (χ0) is 12.0. The van der Waals surface area contributed by atoms with E-state index in [2.05, 4.69) is 21.3 Å². The van der Waals surface area contributed by atoms with Crippen LogP contribution in [0.1, 0.15) is 16.3 Å². The van der Waals surface area contributed by atoms with E-state index in [1.807, 2.05) is 38.2 Å². The van der Waals surface area contributed by atoms with Gasteiger partial charge in [0, 0.05) is 11.1 Å². The number of imidazole rings is 1. The van der Waals surface area contributed by atoms with Crippen LogP contribution in [-0.4, -0.2) is 14.4 Å². The molecule has 3 aromatic rings. The number of hydrogen-bond donors (Lipinski definition) is 0. The second kappa shape index (κ2) is 3.67. The summed E-state index contributed by atoms with van der Waals surface area (Å²) in [5, 5.41) is 1.05. The van der Waals surface area contributed by atoms with Crippen LogP contribution in [0.25, 0.3) is 16.3 Å². The van der Waals surface area contributed by atoms with Crippen molar-refractivity contribution in [3.05, 3.63) is 40.7 Å². The zero-order valence-corrected chi connectivity index (χ0v) is 10.9. The first kappa shape index (κ1) is 10.5. The minimum absolute atomic E-state index is 0.977. The van der Waals surface area contributed by atoms with Gasteiger partial charge in [0.1, 0.15) is 16.3 Å². The first-order chi connectivity index (χ1) is 8.16. The fourth-order valence-corrected chi connectivity index (χ4v) is 2.95. The highest BCUT2D eigenvalue weighted by molar-refractivity contribution is 7.15. The molecule has 0 fully saturated rings. The Kier molecular flexibility index (Phi) is 2.26. The van der Waals surface area contributed by atoms with E-state index < -0.39 is 0 Å². The van der Waals surface area contributed by atoms with E-state index in [0.29, 0.717) is 0 Å². The van der Waals surface area contributed by atoms with Crippen LogP contribution in [0.15, 0.2) is 24.4 Å². The number of hydrogen-bond acceptors (Lipinski definition) is 3. The quantitative estimate of drug-likeness (QED) is 0.656. The first-order valence-corrected chi connectivity index (χ1v) is 6.36. The average Bonchev–Trinajstić information content (AvgIpc) is 2.78. The van der Waals surface area contributed by atoms with Gasteiger partial charge in [-0.25, -0.2) is 9.97 Å². The van der Waals surface area contributed by atoms with Crippen molar-refractivity contribution in [1.82, 2.24) is 14.4 Å². The van der Waals surface area contributed by atoms with E-state index in [0.717, 1.165) is 27.7 Å². The van der Waals surface area contributed by atoms with Gasteiger partial charge >= 0.3 is 0 Å². The second-order valence-electron chi connectivity index (χ2n) is 4.14. The smallest absolute Gasteiger partial charge is 0.142 e. The molecule has 0 aliphatic carbocycles. The minimum atomic E-state index is 0.977. The lowest BCUT2D eigenvalue weighted by Gasteiger charge is -1.97. The molecule has 0 aromatic carbocycles. The fraction of sp³-hybridized carbons (Fsp3) is 0.231. The molecule has 17 heavy (non-hydrogen) atoms. The molecule has 0 saturated carbocycles. The second-order valence-corrected chi connectivity index (χ2v) is 5.34. The Morgan fingerprint density at radius 3 is 2.59 bits per heavy atom. The number of pyridine rings is 1. The van der Waals surface area contributed by atoms with Crippen molar-refractivity contribution < 1.29 is 0 Å². The van der Waals surface area contributed by atoms with Crippen LogP contribution in [0.5, 0.6) is 0 Å². The lowest BCUT2D eigenvalue weighted by atomic mass is 10.3. The number of aryl methyl sites for hydroxylation is 3. The van der Waals surface area contributed by atoms with Gasteiger partial charge in [0.15, 0.2) is 0 Å². The molecule has 0 amide bonds. The standard InChI is InChI=1S/C13H13N3S/c1-8-10(3)17-13(15-8)12-9(2)14-11-6-4-5-7-16(11)12/h4-7H,1-3H3. The van der Waals surface area contributed by atoms with Gasteiger partial charge in [-0.3, -0.25) is 4.40 Å². The third-order valence-electron chi connectivity index (χ3n) is 2.94. The van der Waals surface area contributed by atoms with Crippen molar-refractivity contribution in [2.75, 3.05) is 0 Å². The molecule has 3 rings (SSSR count). The van der Waals surface area contributed by atoms with Crippen molar-refractivity contribution in [3.63, 3.8) is 0 Å². The van der Waals surface area contributed by atoms with Crippen molar-refractivity contribution >= 4 is 17.0 Å². The van der Waals surface area contributed by atoms with Gasteiger partial charge in [-0.2, -0.15) is 0 Å². The monoisotopic (exact) mass is 243 g/mol. The minimum Gasteiger partial charge on any atom is -0.297 e. The molecule has 86 valence electrons. The van der Waals surface area contributed by atoms with Crippen LogP contribution in [0, 0.1) is 20.8 Å². The van der Waals surface area contributed by atoms with Crippen molar-refractivity contribution in [2.24, 2.45) is 0 Å². The number of aromatic nitrogens is 3. The van der Waals surface area contributed by atoms with E-state index >= 15 is 0 Å². The number of nitrogens with zero attached hydrogens (tertiary/aromatic N) is 3. The summed E-state index contributed by atoms with van der Waals surface area (Å²) < 4.78 is 2.10. The summed E-state index contributed by atoms with van der Waals surface area (Å²) in [5.41, 5.74) is 4.23. The van der Waals surface area contributed by atoms with Gasteiger partial charge < -0.3 is 0 Å². The van der Waals surface area contributed by atoms with Crippen molar-refractivity contribution in [3.8, 4) is 10.7 Å². The molecule has 0 spiro atoms. The lowest BCUT2D eigenvalue weighted by Crippen LogP contribution is -1.87. The maximum atomic E-state index is 4.62. The van der Waals surface area contributed by atoms with Crippen LogP contribution in [0.4, 0.5) is 0 Å². The van der Waals surface area contributed by atoms with Gasteiger partial charge in [0.05, 0.1) is 11.4 Å². The molecule has 3 aromatic heterocycles. The van der Waals surface area contributed by atoms with Crippen LogP contribution < -0.4 is 0 Å². The van der Waals surface area contributed by atoms with Crippen LogP contribution in [0.2, 0.25) is 0 Å². The Balaban J connectivity index is 2.33. The van der Waals surface area contributed by atoms with Crippen LogP contribution in [-0.2, 0) is 0 Å². The largest absolute Gasteiger partial charge is 0.297 e. The van der Waals surface area contributed by atoms with Gasteiger partial charge in [-0.05, 0) is 32.9 Å². The molecule has 0 atom stereocenters. The molecule has 0 aliphatic heterocycles. The topological polar surface area (TPSA) is 30.2 Å². The molecule has 0 bridgehead atoms. The van der Waals surface area contributed by atoms with Crippen LogP contribution in [0.3, 0.4) is 0 Å². The first-order valence-electron chi connectivity index (χ1n) is 5.55. The Morgan fingerprint density at radius 2 is 1.88 bits per heavy atom. The highest BCUT2D eigenvalue weighted by atomic mass is 32.1. The third kappa shape index (κ3) is 1.56. The molecular weight excluding hydrogens is 230 g/mol. The summed E-state index contributed by atoms with van der Waals surface area (Å²) in [7, 11) is 0. The maximum absolute atomic E-state index is 4.62. The SMILES string of the molecule is Cc1nc(-c2c(C)nc3ccccn23)sc1C. The molecule has 0 saturated heterocycles. The van der Waals surface area contributed by atoms with E-state index in [4.69, 9.17) is 0 Å². The highest BCUT2D eigenvalue weighted by Gasteiger charge is 2.14. The maximum Gasteiger partial charge on any atom is 0.142 e. The summed E-state index contributed by atoms with van der Waals surface area (Å²) in [6.07, 6.45) is 2.04. The Morgan fingerprint density at radius 1 is 1.06 bits per heavy atom. The van der Waals surface area contributed by atoms with Gasteiger partial charge in [-0.15, -0.1) is 11.3 Å². The highest BCUT2D eigenvalue weighted by Crippen LogP contribution is 2.30. The van der Waals surface area contributed by atoms with E-state index in [-0.39, 0.29) is 0 Å². The van der Waals surface area contributed by atoms with Gasteiger partial charge in [0.25, 0.3) is 0 Å². The summed E-state index contributed by atoms with van der Waals surface area (Å²) in [5.74, 6) is 0. The lowest BCUT2D eigenvalue weighted by molar-refractivity contribution is 1.16. The summed E-state index contributed by atoms with van der Waals surface area (Å²) in [6, 6.07) is 6.04. The van der Waals surface area contributed by atoms with Crippen molar-refractivity contribution in [1.29, 1.82) is 0 Å². The van der Waals surface area contributed by atoms with Gasteiger partial charge in [-0.1, -0.05) is 6.07 Å². The molecule has 3 heterocycles. The molecular formula is C13H13N3S. The Bertz CT molecular complexity index is 674. The van der Waals surface area contributed by atoms with E-state index in [1.165, 1.54) is 4.88 Å². The summed E-state index contributed by atoms with van der Waals surface area (Å²) >= 11 is 1.73. The predicted octanol–water partition coefficient (Wildman–Crippen LogP) is 3.38. The third-order valence-corrected chi connectivity index (χ3v) is 4.01. The van der Waals surface area contributed by atoms with Crippen molar-refractivity contribution in [2.45, 2.75) is 20.8 Å². The number of fused-ring (bicyclic) bond motifs is 1. The number of thiazole rings is 1. The average molecular weight is 243 g/mol. The molecule has 4 heteroatoms. The predicted molar refractivity (Wildman–Crippen MR) is 70.5 cm³/mol. The molecule has 0 N–H and O–H groups in total. The molecule has 0 radical (unpaired) electrons. The molecule has 0 unspecified atom stereocenters. The summed E-state index contributed by atoms with van der Waals surface area (Å²) in [4.78, 5) is 10.4. The fourth-order valence-electron chi connectivity index (χ4n) is 1.95. The van der Waals surface area contributed by atoms with E-state index in [1.54, 1.807) is 11.3 Å². The Hall–Kier alpha value is -1.68. The molecule has 0 aliphatic rings. The molecule has 3 nitrogen and oxygen atoms in total. The normalized spacial score (nSPS) is 11.2. The number of rotatable bonds is 1. The van der Waals surface area contributed by atoms with E-state index in [9.17, 15) is 0 Å². The van der Waals surface area contributed by atoms with Gasteiger partial charge in [0.2, 0.25) is 0 Å².